The molecule has 2 rings (SSSR count). The van der Waals surface area contributed by atoms with Crippen molar-refractivity contribution >= 4 is 15.7 Å². The molecule has 1 fully saturated rings. The first-order chi connectivity index (χ1) is 8.53. The van der Waals surface area contributed by atoms with E-state index < -0.39 is 10.0 Å². The summed E-state index contributed by atoms with van der Waals surface area (Å²) in [7, 11) is -3.03. The quantitative estimate of drug-likeness (QED) is 0.833. The smallest absolute Gasteiger partial charge is 0.213 e. The molecule has 1 aliphatic heterocycles. The lowest BCUT2D eigenvalue weighted by Gasteiger charge is -2.35. The molecular formula is C13H20N2O2S. The van der Waals surface area contributed by atoms with Gasteiger partial charge in [-0.2, -0.15) is 4.31 Å². The second-order valence-electron chi connectivity index (χ2n) is 4.62. The maximum atomic E-state index is 11.7. The molecule has 0 radical (unpaired) electrons. The molecule has 0 saturated carbocycles. The van der Waals surface area contributed by atoms with E-state index in [1.807, 2.05) is 0 Å². The van der Waals surface area contributed by atoms with Crippen LogP contribution < -0.4 is 4.90 Å². The third kappa shape index (κ3) is 2.84. The van der Waals surface area contributed by atoms with Gasteiger partial charge in [0, 0.05) is 31.9 Å². The number of nitrogens with zero attached hydrogens (tertiary/aromatic N) is 2. The first kappa shape index (κ1) is 13.4. The number of benzene rings is 1. The molecule has 0 unspecified atom stereocenters. The Morgan fingerprint density at radius 3 is 2.11 bits per heavy atom. The van der Waals surface area contributed by atoms with Crippen LogP contribution in [0.1, 0.15) is 12.5 Å². The standard InChI is InChI=1S/C13H20N2O2S/c1-3-18(16,17)15-10-8-14(9-11-15)13-6-4-12(2)5-7-13/h4-7H,3,8-11H2,1-2H3. The zero-order valence-corrected chi connectivity index (χ0v) is 11.8. The first-order valence-corrected chi connectivity index (χ1v) is 7.93. The topological polar surface area (TPSA) is 40.6 Å². The molecule has 1 aromatic carbocycles. The van der Waals surface area contributed by atoms with Crippen LogP contribution in [0, 0.1) is 6.92 Å². The van der Waals surface area contributed by atoms with E-state index in [1.54, 1.807) is 11.2 Å². The van der Waals surface area contributed by atoms with Gasteiger partial charge in [0.2, 0.25) is 10.0 Å². The molecule has 0 aromatic heterocycles. The molecule has 1 aromatic rings. The maximum Gasteiger partial charge on any atom is 0.213 e. The molecule has 0 bridgehead atoms. The summed E-state index contributed by atoms with van der Waals surface area (Å²) in [6.07, 6.45) is 0. The van der Waals surface area contributed by atoms with Gasteiger partial charge in [-0.1, -0.05) is 17.7 Å². The van der Waals surface area contributed by atoms with Gasteiger partial charge in [-0.25, -0.2) is 8.42 Å². The maximum absolute atomic E-state index is 11.7. The number of sulfonamides is 1. The van der Waals surface area contributed by atoms with E-state index in [0.717, 1.165) is 13.1 Å². The normalized spacial score (nSPS) is 18.0. The summed E-state index contributed by atoms with van der Waals surface area (Å²) in [5.74, 6) is 0.192. The molecule has 0 spiro atoms. The Morgan fingerprint density at radius 1 is 1.06 bits per heavy atom. The number of anilines is 1. The Bertz CT molecular complexity index is 488. The van der Waals surface area contributed by atoms with E-state index in [4.69, 9.17) is 0 Å². The predicted octanol–water partition coefficient (Wildman–Crippen LogP) is 1.47. The molecule has 1 heterocycles. The van der Waals surface area contributed by atoms with Crippen LogP contribution in [0.5, 0.6) is 0 Å². The summed E-state index contributed by atoms with van der Waals surface area (Å²) in [5.41, 5.74) is 2.42. The molecule has 0 atom stereocenters. The van der Waals surface area contributed by atoms with Gasteiger partial charge >= 0.3 is 0 Å². The fourth-order valence-corrected chi connectivity index (χ4v) is 3.25. The van der Waals surface area contributed by atoms with Gasteiger partial charge in [-0.05, 0) is 26.0 Å². The lowest BCUT2D eigenvalue weighted by atomic mass is 10.2. The number of aryl methyl sites for hydroxylation is 1. The predicted molar refractivity (Wildman–Crippen MR) is 74.4 cm³/mol. The molecular weight excluding hydrogens is 248 g/mol. The number of rotatable bonds is 3. The van der Waals surface area contributed by atoms with Crippen LogP contribution in [0.3, 0.4) is 0 Å². The molecule has 4 nitrogen and oxygen atoms in total. The number of hydrogen-bond acceptors (Lipinski definition) is 3. The van der Waals surface area contributed by atoms with E-state index in [2.05, 4.69) is 36.1 Å². The number of hydrogen-bond donors (Lipinski definition) is 0. The van der Waals surface area contributed by atoms with Gasteiger partial charge in [0.15, 0.2) is 0 Å². The van der Waals surface area contributed by atoms with Crippen LogP contribution >= 0.6 is 0 Å². The van der Waals surface area contributed by atoms with Crippen molar-refractivity contribution in [1.29, 1.82) is 0 Å². The third-order valence-corrected chi connectivity index (χ3v) is 5.28. The van der Waals surface area contributed by atoms with E-state index in [1.165, 1.54) is 11.3 Å². The average Bonchev–Trinajstić information content (AvgIpc) is 2.40. The van der Waals surface area contributed by atoms with E-state index in [-0.39, 0.29) is 5.75 Å². The van der Waals surface area contributed by atoms with Crippen molar-refractivity contribution < 1.29 is 8.42 Å². The highest BCUT2D eigenvalue weighted by Crippen LogP contribution is 2.18. The Hall–Kier alpha value is -1.07. The van der Waals surface area contributed by atoms with E-state index in [0.29, 0.717) is 13.1 Å². The van der Waals surface area contributed by atoms with Crippen molar-refractivity contribution in [3.8, 4) is 0 Å². The fourth-order valence-electron chi connectivity index (χ4n) is 2.16. The van der Waals surface area contributed by atoms with Crippen molar-refractivity contribution in [1.82, 2.24) is 4.31 Å². The van der Waals surface area contributed by atoms with Gasteiger partial charge < -0.3 is 4.90 Å². The van der Waals surface area contributed by atoms with Crippen LogP contribution in [0.4, 0.5) is 5.69 Å². The first-order valence-electron chi connectivity index (χ1n) is 6.32. The van der Waals surface area contributed by atoms with Crippen LogP contribution in [0.2, 0.25) is 0 Å². The molecule has 0 amide bonds. The van der Waals surface area contributed by atoms with E-state index in [9.17, 15) is 8.42 Å². The SMILES string of the molecule is CCS(=O)(=O)N1CCN(c2ccc(C)cc2)CC1. The molecule has 100 valence electrons. The Balaban J connectivity index is 2.01. The minimum absolute atomic E-state index is 0.192. The molecule has 0 N–H and O–H groups in total. The summed E-state index contributed by atoms with van der Waals surface area (Å²) in [6.45, 7) is 6.47. The van der Waals surface area contributed by atoms with Gasteiger partial charge in [0.1, 0.15) is 0 Å². The lowest BCUT2D eigenvalue weighted by Crippen LogP contribution is -2.49. The molecule has 0 aliphatic carbocycles. The fraction of sp³-hybridized carbons (Fsp3) is 0.538. The van der Waals surface area contributed by atoms with E-state index >= 15 is 0 Å². The molecule has 18 heavy (non-hydrogen) atoms. The third-order valence-electron chi connectivity index (χ3n) is 3.40. The second kappa shape index (κ2) is 5.28. The molecule has 5 heteroatoms. The highest BCUT2D eigenvalue weighted by atomic mass is 32.2. The second-order valence-corrected chi connectivity index (χ2v) is 6.88. The summed E-state index contributed by atoms with van der Waals surface area (Å²) in [6, 6.07) is 8.37. The van der Waals surface area contributed by atoms with Crippen molar-refractivity contribution in [2.45, 2.75) is 13.8 Å². The molecule has 1 aliphatic rings. The summed E-state index contributed by atoms with van der Waals surface area (Å²) in [5, 5.41) is 0. The zero-order valence-electron chi connectivity index (χ0n) is 11.0. The Labute approximate surface area is 109 Å². The summed E-state index contributed by atoms with van der Waals surface area (Å²) in [4.78, 5) is 2.24. The number of piperazine rings is 1. The minimum Gasteiger partial charge on any atom is -0.369 e. The zero-order chi connectivity index (χ0) is 13.2. The van der Waals surface area contributed by atoms with Crippen molar-refractivity contribution in [3.05, 3.63) is 29.8 Å². The van der Waals surface area contributed by atoms with Crippen LogP contribution in [0.25, 0.3) is 0 Å². The van der Waals surface area contributed by atoms with Crippen molar-refractivity contribution in [2.24, 2.45) is 0 Å². The molecule has 1 saturated heterocycles. The highest BCUT2D eigenvalue weighted by Gasteiger charge is 2.25. The van der Waals surface area contributed by atoms with Gasteiger partial charge in [-0.15, -0.1) is 0 Å². The van der Waals surface area contributed by atoms with Gasteiger partial charge in [0.05, 0.1) is 5.75 Å². The lowest BCUT2D eigenvalue weighted by molar-refractivity contribution is 0.385. The monoisotopic (exact) mass is 268 g/mol. The largest absolute Gasteiger partial charge is 0.369 e. The van der Waals surface area contributed by atoms with Crippen LogP contribution in [-0.2, 0) is 10.0 Å². The average molecular weight is 268 g/mol. The minimum atomic E-state index is -3.03. The van der Waals surface area contributed by atoms with Crippen molar-refractivity contribution in [2.75, 3.05) is 36.8 Å². The van der Waals surface area contributed by atoms with Gasteiger partial charge in [0.25, 0.3) is 0 Å². The Kier molecular flexibility index (Phi) is 3.92. The van der Waals surface area contributed by atoms with Gasteiger partial charge in [-0.3, -0.25) is 0 Å². The van der Waals surface area contributed by atoms with Crippen molar-refractivity contribution in [3.63, 3.8) is 0 Å². The van der Waals surface area contributed by atoms with Crippen LogP contribution in [0.15, 0.2) is 24.3 Å². The Morgan fingerprint density at radius 2 is 1.61 bits per heavy atom. The van der Waals surface area contributed by atoms with Crippen LogP contribution in [-0.4, -0.2) is 44.7 Å². The summed E-state index contributed by atoms with van der Waals surface area (Å²) < 4.78 is 25.1. The highest BCUT2D eigenvalue weighted by molar-refractivity contribution is 7.89. The summed E-state index contributed by atoms with van der Waals surface area (Å²) >= 11 is 0.